The highest BCUT2D eigenvalue weighted by Crippen LogP contribution is 2.33. The first-order valence-corrected chi connectivity index (χ1v) is 6.50. The molecule has 0 aromatic rings. The molecule has 3 N–H and O–H groups in total. The zero-order chi connectivity index (χ0) is 13.9. The molecular formula is C13H24N2O3. The predicted octanol–water partition coefficient (Wildman–Crippen LogP) is 1.97. The van der Waals surface area contributed by atoms with Gasteiger partial charge in [0.2, 0.25) is 0 Å². The molecule has 0 radical (unpaired) electrons. The third-order valence-corrected chi connectivity index (χ3v) is 3.15. The molecular weight excluding hydrogens is 232 g/mol. The van der Waals surface area contributed by atoms with Gasteiger partial charge >= 0.3 is 12.0 Å². The van der Waals surface area contributed by atoms with Crippen molar-refractivity contribution in [1.29, 1.82) is 0 Å². The van der Waals surface area contributed by atoms with Gasteiger partial charge < -0.3 is 15.7 Å². The average molecular weight is 256 g/mol. The van der Waals surface area contributed by atoms with Gasteiger partial charge in [0.1, 0.15) is 6.04 Å². The monoisotopic (exact) mass is 256 g/mol. The summed E-state index contributed by atoms with van der Waals surface area (Å²) in [4.78, 5) is 22.8. The minimum absolute atomic E-state index is 0.0897. The molecule has 1 aliphatic carbocycles. The highest BCUT2D eigenvalue weighted by atomic mass is 16.4. The van der Waals surface area contributed by atoms with Gasteiger partial charge in [0, 0.05) is 6.04 Å². The molecule has 2 atom stereocenters. The summed E-state index contributed by atoms with van der Waals surface area (Å²) < 4.78 is 0. The standard InChI is InChI=1S/C13H24N2O3/c1-8(7-9-5-6-9)14-12(18)15-10(11(16)17)13(2,3)4/h8-10H,5-7H2,1-4H3,(H,16,17)(H2,14,15,18)/t8?,10-/m1/s1. The van der Waals surface area contributed by atoms with E-state index in [1.807, 2.05) is 6.92 Å². The van der Waals surface area contributed by atoms with Gasteiger partial charge in [0.25, 0.3) is 0 Å². The molecule has 0 aromatic carbocycles. The van der Waals surface area contributed by atoms with E-state index in [0.717, 1.165) is 12.3 Å². The molecule has 1 unspecified atom stereocenters. The molecule has 0 aromatic heterocycles. The van der Waals surface area contributed by atoms with Gasteiger partial charge in [-0.2, -0.15) is 0 Å². The number of rotatable bonds is 5. The molecule has 0 spiro atoms. The van der Waals surface area contributed by atoms with E-state index < -0.39 is 23.5 Å². The predicted molar refractivity (Wildman–Crippen MR) is 69.3 cm³/mol. The van der Waals surface area contributed by atoms with Crippen molar-refractivity contribution in [2.45, 2.75) is 59.0 Å². The highest BCUT2D eigenvalue weighted by molar-refractivity contribution is 5.83. The first-order chi connectivity index (χ1) is 8.20. The summed E-state index contributed by atoms with van der Waals surface area (Å²) in [7, 11) is 0. The lowest BCUT2D eigenvalue weighted by atomic mass is 9.87. The topological polar surface area (TPSA) is 78.4 Å². The number of urea groups is 1. The highest BCUT2D eigenvalue weighted by Gasteiger charge is 2.33. The molecule has 18 heavy (non-hydrogen) atoms. The second-order valence-corrected chi connectivity index (χ2v) is 6.34. The summed E-state index contributed by atoms with van der Waals surface area (Å²) in [5, 5.41) is 14.4. The Kier molecular flexibility index (Phi) is 4.59. The maximum Gasteiger partial charge on any atom is 0.326 e. The zero-order valence-electron chi connectivity index (χ0n) is 11.6. The SMILES string of the molecule is CC(CC1CC1)NC(=O)N[C@H](C(=O)O)C(C)(C)C. The number of amides is 2. The Morgan fingerprint density at radius 3 is 2.22 bits per heavy atom. The third kappa shape index (κ3) is 4.94. The molecule has 0 heterocycles. The summed E-state index contributed by atoms with van der Waals surface area (Å²) in [6, 6.07) is -1.19. The lowest BCUT2D eigenvalue weighted by Crippen LogP contribution is -2.53. The van der Waals surface area contributed by atoms with Crippen LogP contribution in [0.1, 0.15) is 47.0 Å². The zero-order valence-corrected chi connectivity index (χ0v) is 11.6. The lowest BCUT2D eigenvalue weighted by molar-refractivity contribution is -0.141. The van der Waals surface area contributed by atoms with Gasteiger partial charge in [0.15, 0.2) is 0 Å². The van der Waals surface area contributed by atoms with Gasteiger partial charge in [0.05, 0.1) is 0 Å². The van der Waals surface area contributed by atoms with Crippen LogP contribution < -0.4 is 10.6 Å². The van der Waals surface area contributed by atoms with Crippen LogP contribution >= 0.6 is 0 Å². The number of carbonyl (C=O) groups excluding carboxylic acids is 1. The Bertz CT molecular complexity index is 319. The Hall–Kier alpha value is -1.26. The number of hydrogen-bond acceptors (Lipinski definition) is 2. The Morgan fingerprint density at radius 1 is 1.28 bits per heavy atom. The van der Waals surface area contributed by atoms with Gasteiger partial charge in [-0.15, -0.1) is 0 Å². The van der Waals surface area contributed by atoms with E-state index in [2.05, 4.69) is 10.6 Å². The van der Waals surface area contributed by atoms with Crippen LogP contribution in [-0.4, -0.2) is 29.2 Å². The first-order valence-electron chi connectivity index (χ1n) is 6.50. The van der Waals surface area contributed by atoms with Crippen molar-refractivity contribution in [2.75, 3.05) is 0 Å². The molecule has 0 bridgehead atoms. The largest absolute Gasteiger partial charge is 0.480 e. The Labute approximate surface area is 108 Å². The molecule has 104 valence electrons. The molecule has 1 fully saturated rings. The fourth-order valence-electron chi connectivity index (χ4n) is 1.96. The van der Waals surface area contributed by atoms with E-state index in [4.69, 9.17) is 5.11 Å². The molecule has 0 saturated heterocycles. The molecule has 1 saturated carbocycles. The Balaban J connectivity index is 2.42. The maximum atomic E-state index is 11.7. The van der Waals surface area contributed by atoms with Gasteiger partial charge in [-0.1, -0.05) is 33.6 Å². The number of nitrogens with one attached hydrogen (secondary N) is 2. The number of aliphatic carboxylic acids is 1. The molecule has 1 rings (SSSR count). The van der Waals surface area contributed by atoms with E-state index in [1.54, 1.807) is 20.8 Å². The normalized spacial score (nSPS) is 18.9. The second-order valence-electron chi connectivity index (χ2n) is 6.34. The van der Waals surface area contributed by atoms with Crippen LogP contribution in [0.2, 0.25) is 0 Å². The van der Waals surface area contributed by atoms with Crippen molar-refractivity contribution >= 4 is 12.0 Å². The van der Waals surface area contributed by atoms with E-state index >= 15 is 0 Å². The third-order valence-electron chi connectivity index (χ3n) is 3.15. The van der Waals surface area contributed by atoms with Crippen LogP contribution in [0.4, 0.5) is 4.79 Å². The van der Waals surface area contributed by atoms with Crippen LogP contribution in [0, 0.1) is 11.3 Å². The van der Waals surface area contributed by atoms with E-state index in [-0.39, 0.29) is 6.04 Å². The molecule has 1 aliphatic rings. The van der Waals surface area contributed by atoms with Crippen molar-refractivity contribution in [3.63, 3.8) is 0 Å². The van der Waals surface area contributed by atoms with Crippen LogP contribution in [0.25, 0.3) is 0 Å². The maximum absolute atomic E-state index is 11.7. The minimum Gasteiger partial charge on any atom is -0.480 e. The van der Waals surface area contributed by atoms with E-state index in [9.17, 15) is 9.59 Å². The number of hydrogen-bond donors (Lipinski definition) is 3. The molecule has 5 heteroatoms. The summed E-state index contributed by atoms with van der Waals surface area (Å²) in [5.74, 6) is -0.273. The number of carboxylic acid groups (broad SMARTS) is 1. The van der Waals surface area contributed by atoms with E-state index in [1.165, 1.54) is 12.8 Å². The van der Waals surface area contributed by atoms with Crippen LogP contribution in [0.3, 0.4) is 0 Å². The van der Waals surface area contributed by atoms with Gasteiger partial charge in [-0.05, 0) is 24.7 Å². The van der Waals surface area contributed by atoms with Gasteiger partial charge in [-0.25, -0.2) is 9.59 Å². The summed E-state index contributed by atoms with van der Waals surface area (Å²) in [6.07, 6.45) is 3.46. The summed E-state index contributed by atoms with van der Waals surface area (Å²) in [6.45, 7) is 7.32. The summed E-state index contributed by atoms with van der Waals surface area (Å²) in [5.41, 5.74) is -0.511. The van der Waals surface area contributed by atoms with Gasteiger partial charge in [-0.3, -0.25) is 0 Å². The van der Waals surface area contributed by atoms with Crippen molar-refractivity contribution in [3.05, 3.63) is 0 Å². The van der Waals surface area contributed by atoms with Crippen molar-refractivity contribution in [2.24, 2.45) is 11.3 Å². The minimum atomic E-state index is -1.01. The number of carboxylic acids is 1. The fourth-order valence-corrected chi connectivity index (χ4v) is 1.96. The average Bonchev–Trinajstić information content (AvgIpc) is 2.95. The van der Waals surface area contributed by atoms with Crippen LogP contribution in [0.5, 0.6) is 0 Å². The smallest absolute Gasteiger partial charge is 0.326 e. The quantitative estimate of drug-likeness (QED) is 0.703. The molecule has 0 aliphatic heterocycles. The Morgan fingerprint density at radius 2 is 1.83 bits per heavy atom. The van der Waals surface area contributed by atoms with Crippen molar-refractivity contribution in [1.82, 2.24) is 10.6 Å². The van der Waals surface area contributed by atoms with E-state index in [0.29, 0.717) is 0 Å². The van der Waals surface area contributed by atoms with Crippen LogP contribution in [0.15, 0.2) is 0 Å². The lowest BCUT2D eigenvalue weighted by Gasteiger charge is -2.28. The number of carbonyl (C=O) groups is 2. The van der Waals surface area contributed by atoms with Crippen LogP contribution in [-0.2, 0) is 4.79 Å². The second kappa shape index (κ2) is 5.59. The summed E-state index contributed by atoms with van der Waals surface area (Å²) >= 11 is 0. The molecule has 5 nitrogen and oxygen atoms in total. The van der Waals surface area contributed by atoms with Crippen molar-refractivity contribution in [3.8, 4) is 0 Å². The molecule has 2 amide bonds. The van der Waals surface area contributed by atoms with Crippen molar-refractivity contribution < 1.29 is 14.7 Å². The first kappa shape index (κ1) is 14.8. The fraction of sp³-hybridized carbons (Fsp3) is 0.846.